The second kappa shape index (κ2) is 4.25. The van der Waals surface area contributed by atoms with Crippen LogP contribution in [0.2, 0.25) is 0 Å². The molecule has 1 aliphatic carbocycles. The lowest BCUT2D eigenvalue weighted by Gasteiger charge is -2.27. The van der Waals surface area contributed by atoms with E-state index in [4.69, 9.17) is 0 Å². The van der Waals surface area contributed by atoms with E-state index in [9.17, 15) is 10.4 Å². The third kappa shape index (κ3) is 1.44. The average Bonchev–Trinajstić information content (AvgIpc) is 2.45. The van der Waals surface area contributed by atoms with Gasteiger partial charge in [-0.1, -0.05) is 53.7 Å². The van der Waals surface area contributed by atoms with Crippen molar-refractivity contribution in [2.75, 3.05) is 0 Å². The molecule has 0 spiro atoms. The molecule has 90 valence electrons. The van der Waals surface area contributed by atoms with E-state index in [1.807, 2.05) is 48.5 Å². The first-order valence-electron chi connectivity index (χ1n) is 5.67. The Labute approximate surface area is 104 Å². The zero-order chi connectivity index (χ0) is 12.5. The summed E-state index contributed by atoms with van der Waals surface area (Å²) in [5.41, 5.74) is 6.39. The number of fused-ring (bicyclic) bond motifs is 3. The van der Waals surface area contributed by atoms with E-state index in [2.05, 4.69) is 10.6 Å². The lowest BCUT2D eigenvalue weighted by Crippen LogP contribution is -2.30. The summed E-state index contributed by atoms with van der Waals surface area (Å²) in [6.07, 6.45) is 0. The van der Waals surface area contributed by atoms with Crippen LogP contribution in [-0.2, 0) is 0 Å². The minimum absolute atomic E-state index is 0.423. The molecule has 4 heteroatoms. The number of benzene rings is 2. The first-order chi connectivity index (χ1) is 8.86. The summed E-state index contributed by atoms with van der Waals surface area (Å²) < 4.78 is 0. The van der Waals surface area contributed by atoms with E-state index in [1.54, 1.807) is 0 Å². The Hall–Kier alpha value is -2.17. The highest BCUT2D eigenvalue weighted by Gasteiger charge is 2.30. The first-order valence-corrected chi connectivity index (χ1v) is 5.67. The molecule has 0 saturated heterocycles. The zero-order valence-electron chi connectivity index (χ0n) is 9.54. The van der Waals surface area contributed by atoms with Crippen molar-refractivity contribution in [2.45, 2.75) is 6.04 Å². The van der Waals surface area contributed by atoms with E-state index in [0.29, 0.717) is 5.71 Å². The SMILES string of the molecule is O/N=C1/c2ccccc2-c2ccccc2C1NO. The first kappa shape index (κ1) is 11.0. The van der Waals surface area contributed by atoms with Crippen molar-refractivity contribution < 1.29 is 10.4 Å². The van der Waals surface area contributed by atoms with Crippen molar-refractivity contribution in [3.63, 3.8) is 0 Å². The molecule has 0 heterocycles. The van der Waals surface area contributed by atoms with Crippen LogP contribution >= 0.6 is 0 Å². The summed E-state index contributed by atoms with van der Waals surface area (Å²) in [6, 6.07) is 14.9. The van der Waals surface area contributed by atoms with Gasteiger partial charge in [0.2, 0.25) is 0 Å². The van der Waals surface area contributed by atoms with Crippen LogP contribution in [0.1, 0.15) is 17.2 Å². The maximum Gasteiger partial charge on any atom is 0.111 e. The smallest absolute Gasteiger partial charge is 0.111 e. The predicted molar refractivity (Wildman–Crippen MR) is 67.9 cm³/mol. The molecular formula is C14H12N2O2. The number of rotatable bonds is 1. The highest BCUT2D eigenvalue weighted by molar-refractivity contribution is 6.12. The quantitative estimate of drug-likeness (QED) is 0.530. The summed E-state index contributed by atoms with van der Waals surface area (Å²) in [7, 11) is 0. The predicted octanol–water partition coefficient (Wildman–Crippen LogP) is 2.57. The van der Waals surface area contributed by atoms with Gasteiger partial charge in [-0.25, -0.2) is 0 Å². The van der Waals surface area contributed by atoms with E-state index in [1.165, 1.54) is 0 Å². The van der Waals surface area contributed by atoms with Gasteiger partial charge in [0, 0.05) is 5.56 Å². The molecular weight excluding hydrogens is 228 g/mol. The summed E-state index contributed by atoms with van der Waals surface area (Å²) in [5.74, 6) is 0. The maximum absolute atomic E-state index is 9.32. The Morgan fingerprint density at radius 3 is 2.17 bits per heavy atom. The summed E-state index contributed by atoms with van der Waals surface area (Å²) in [4.78, 5) is 0. The Morgan fingerprint density at radius 2 is 1.50 bits per heavy atom. The van der Waals surface area contributed by atoms with Crippen LogP contribution in [0.4, 0.5) is 0 Å². The number of oxime groups is 1. The number of hydrogen-bond acceptors (Lipinski definition) is 4. The van der Waals surface area contributed by atoms with E-state index >= 15 is 0 Å². The zero-order valence-corrected chi connectivity index (χ0v) is 9.54. The van der Waals surface area contributed by atoms with Crippen molar-refractivity contribution >= 4 is 5.71 Å². The monoisotopic (exact) mass is 240 g/mol. The molecule has 3 N–H and O–H groups in total. The molecule has 18 heavy (non-hydrogen) atoms. The lowest BCUT2D eigenvalue weighted by atomic mass is 9.81. The largest absolute Gasteiger partial charge is 0.411 e. The fourth-order valence-electron chi connectivity index (χ4n) is 2.48. The van der Waals surface area contributed by atoms with Crippen molar-refractivity contribution in [3.8, 4) is 11.1 Å². The van der Waals surface area contributed by atoms with Gasteiger partial charge in [-0.05, 0) is 16.7 Å². The van der Waals surface area contributed by atoms with Crippen LogP contribution < -0.4 is 5.48 Å². The van der Waals surface area contributed by atoms with Gasteiger partial charge in [-0.2, -0.15) is 5.48 Å². The molecule has 0 radical (unpaired) electrons. The number of hydroxylamine groups is 1. The molecule has 0 bridgehead atoms. The summed E-state index contributed by atoms with van der Waals surface area (Å²) in [6.45, 7) is 0. The van der Waals surface area contributed by atoms with Crippen LogP contribution in [-0.4, -0.2) is 16.1 Å². The maximum atomic E-state index is 9.32. The Bertz CT molecular complexity index is 623. The molecule has 0 fully saturated rings. The van der Waals surface area contributed by atoms with Crippen LogP contribution in [0.3, 0.4) is 0 Å². The lowest BCUT2D eigenvalue weighted by molar-refractivity contribution is 0.148. The van der Waals surface area contributed by atoms with Gasteiger partial charge in [0.15, 0.2) is 0 Å². The molecule has 0 aliphatic heterocycles. The Morgan fingerprint density at radius 1 is 0.889 bits per heavy atom. The van der Waals surface area contributed by atoms with Crippen molar-refractivity contribution in [2.24, 2.45) is 5.16 Å². The number of nitrogens with one attached hydrogen (secondary N) is 1. The van der Waals surface area contributed by atoms with Crippen LogP contribution in [0.25, 0.3) is 11.1 Å². The van der Waals surface area contributed by atoms with Crippen molar-refractivity contribution in [1.82, 2.24) is 5.48 Å². The van der Waals surface area contributed by atoms with Gasteiger partial charge in [0.05, 0.1) is 0 Å². The molecule has 4 nitrogen and oxygen atoms in total. The topological polar surface area (TPSA) is 64.9 Å². The average molecular weight is 240 g/mol. The van der Waals surface area contributed by atoms with Gasteiger partial charge >= 0.3 is 0 Å². The van der Waals surface area contributed by atoms with E-state index in [-0.39, 0.29) is 0 Å². The minimum Gasteiger partial charge on any atom is -0.411 e. The van der Waals surface area contributed by atoms with Crippen LogP contribution in [0.15, 0.2) is 53.7 Å². The molecule has 3 rings (SSSR count). The molecule has 0 amide bonds. The molecule has 1 aliphatic rings. The summed E-state index contributed by atoms with van der Waals surface area (Å²) >= 11 is 0. The Kier molecular flexibility index (Phi) is 2.59. The van der Waals surface area contributed by atoms with Crippen molar-refractivity contribution in [3.05, 3.63) is 59.7 Å². The van der Waals surface area contributed by atoms with Gasteiger partial charge in [0.1, 0.15) is 11.8 Å². The van der Waals surface area contributed by atoms with Crippen LogP contribution in [0, 0.1) is 0 Å². The van der Waals surface area contributed by atoms with Gasteiger partial charge in [-0.3, -0.25) is 0 Å². The van der Waals surface area contributed by atoms with E-state index < -0.39 is 6.04 Å². The molecule has 2 aromatic carbocycles. The minimum atomic E-state index is -0.513. The number of nitrogens with zero attached hydrogens (tertiary/aromatic N) is 1. The molecule has 0 saturated carbocycles. The Balaban J connectivity index is 2.34. The van der Waals surface area contributed by atoms with Gasteiger partial charge < -0.3 is 10.4 Å². The highest BCUT2D eigenvalue weighted by Crippen LogP contribution is 2.38. The van der Waals surface area contributed by atoms with Gasteiger partial charge in [-0.15, -0.1) is 0 Å². The summed E-state index contributed by atoms with van der Waals surface area (Å²) in [5, 5.41) is 21.9. The van der Waals surface area contributed by atoms with Crippen LogP contribution in [0.5, 0.6) is 0 Å². The third-order valence-corrected chi connectivity index (χ3v) is 3.28. The third-order valence-electron chi connectivity index (χ3n) is 3.28. The molecule has 0 aromatic heterocycles. The fourth-order valence-corrected chi connectivity index (χ4v) is 2.48. The molecule has 2 aromatic rings. The van der Waals surface area contributed by atoms with Gasteiger partial charge in [0.25, 0.3) is 0 Å². The normalized spacial score (nSPS) is 19.4. The van der Waals surface area contributed by atoms with E-state index in [0.717, 1.165) is 22.3 Å². The molecule has 1 unspecified atom stereocenters. The standard InChI is InChI=1S/C14H12N2O2/c17-15-13-11-7-3-1-5-9(11)10-6-2-4-8-12(10)14(13)16-18/h1-8,13,15,17-18H/b16-14-. The number of hydrogen-bond donors (Lipinski definition) is 3. The highest BCUT2D eigenvalue weighted by atomic mass is 16.5. The second-order valence-electron chi connectivity index (χ2n) is 4.18. The van der Waals surface area contributed by atoms with Crippen molar-refractivity contribution in [1.29, 1.82) is 0 Å². The molecule has 1 atom stereocenters. The second-order valence-corrected chi connectivity index (χ2v) is 4.18. The fraction of sp³-hybridized carbons (Fsp3) is 0.0714.